The topological polar surface area (TPSA) is 61.4 Å². The predicted octanol–water partition coefficient (Wildman–Crippen LogP) is 2.29. The lowest BCUT2D eigenvalue weighted by Gasteiger charge is -2.26. The summed E-state index contributed by atoms with van der Waals surface area (Å²) in [6.45, 7) is 2.41. The second-order valence-electron chi connectivity index (χ2n) is 5.17. The largest absolute Gasteiger partial charge is 0.393 e. The zero-order valence-electron chi connectivity index (χ0n) is 11.7. The van der Waals surface area contributed by atoms with Crippen LogP contribution in [-0.2, 0) is 0 Å². The maximum atomic E-state index is 13.8. The Morgan fingerprint density at radius 2 is 2.05 bits per heavy atom. The lowest BCUT2D eigenvalue weighted by molar-refractivity contribution is 0.0868. The smallest absolute Gasteiger partial charge is 0.253 e. The Morgan fingerprint density at radius 1 is 1.35 bits per heavy atom. The highest BCUT2D eigenvalue weighted by Gasteiger charge is 2.22. The Kier molecular flexibility index (Phi) is 4.95. The van der Waals surface area contributed by atoms with Crippen LogP contribution >= 0.6 is 0 Å². The molecule has 2 rings (SSSR count). The zero-order valence-corrected chi connectivity index (χ0v) is 11.7. The first-order chi connectivity index (χ1) is 9.61. The number of carbonyl (C=O) groups is 1. The first-order valence-electron chi connectivity index (χ1n) is 7.13. The quantitative estimate of drug-likeness (QED) is 0.793. The van der Waals surface area contributed by atoms with E-state index < -0.39 is 5.82 Å². The van der Waals surface area contributed by atoms with Gasteiger partial charge in [0.25, 0.3) is 5.91 Å². The number of carbonyl (C=O) groups excluding carboxylic acids is 1. The molecule has 0 spiro atoms. The van der Waals surface area contributed by atoms with Gasteiger partial charge >= 0.3 is 0 Å². The molecular weight excluding hydrogens is 259 g/mol. The zero-order chi connectivity index (χ0) is 14.5. The van der Waals surface area contributed by atoms with E-state index in [0.29, 0.717) is 24.9 Å². The maximum absolute atomic E-state index is 13.8. The summed E-state index contributed by atoms with van der Waals surface area (Å²) in [6.07, 6.45) is 2.68. The minimum atomic E-state index is -0.418. The van der Waals surface area contributed by atoms with Crippen molar-refractivity contribution in [3.05, 3.63) is 29.6 Å². The van der Waals surface area contributed by atoms with Crippen LogP contribution < -0.4 is 10.6 Å². The molecule has 0 aliphatic heterocycles. The predicted molar refractivity (Wildman–Crippen MR) is 76.3 cm³/mol. The molecule has 0 saturated heterocycles. The molecule has 0 atom stereocenters. The van der Waals surface area contributed by atoms with E-state index in [1.54, 1.807) is 6.07 Å². The van der Waals surface area contributed by atoms with Gasteiger partial charge in [-0.2, -0.15) is 0 Å². The second kappa shape index (κ2) is 6.70. The maximum Gasteiger partial charge on any atom is 0.253 e. The molecule has 20 heavy (non-hydrogen) atoms. The number of amides is 1. The number of halogens is 1. The summed E-state index contributed by atoms with van der Waals surface area (Å²) in [5, 5.41) is 15.3. The lowest BCUT2D eigenvalue weighted by atomic mass is 9.93. The summed E-state index contributed by atoms with van der Waals surface area (Å²) < 4.78 is 13.8. The van der Waals surface area contributed by atoms with Crippen molar-refractivity contribution in [1.29, 1.82) is 0 Å². The van der Waals surface area contributed by atoms with Gasteiger partial charge in [0, 0.05) is 12.6 Å². The molecule has 1 saturated carbocycles. The molecule has 0 unspecified atom stereocenters. The van der Waals surface area contributed by atoms with Crippen LogP contribution in [0, 0.1) is 5.82 Å². The molecule has 1 amide bonds. The minimum absolute atomic E-state index is 0.0589. The summed E-state index contributed by atoms with van der Waals surface area (Å²) in [7, 11) is 0. The van der Waals surface area contributed by atoms with Crippen LogP contribution in [0.2, 0.25) is 0 Å². The lowest BCUT2D eigenvalue weighted by Crippen LogP contribution is -2.38. The summed E-state index contributed by atoms with van der Waals surface area (Å²) in [5.41, 5.74) is 0.585. The van der Waals surface area contributed by atoms with E-state index >= 15 is 0 Å². The summed E-state index contributed by atoms with van der Waals surface area (Å²) in [5.74, 6) is -0.680. The molecule has 1 aromatic rings. The molecule has 1 fully saturated rings. The fourth-order valence-electron chi connectivity index (χ4n) is 2.55. The van der Waals surface area contributed by atoms with Crippen LogP contribution in [0.15, 0.2) is 18.2 Å². The van der Waals surface area contributed by atoms with Gasteiger partial charge in [-0.1, -0.05) is 6.07 Å². The van der Waals surface area contributed by atoms with Gasteiger partial charge in [-0.15, -0.1) is 0 Å². The highest BCUT2D eigenvalue weighted by molar-refractivity contribution is 5.99. The highest BCUT2D eigenvalue weighted by atomic mass is 19.1. The van der Waals surface area contributed by atoms with Crippen molar-refractivity contribution in [3.8, 4) is 0 Å². The van der Waals surface area contributed by atoms with E-state index in [0.717, 1.165) is 12.8 Å². The average molecular weight is 280 g/mol. The van der Waals surface area contributed by atoms with Gasteiger partial charge in [-0.25, -0.2) is 4.39 Å². The van der Waals surface area contributed by atoms with E-state index in [1.165, 1.54) is 12.1 Å². The van der Waals surface area contributed by atoms with Crippen molar-refractivity contribution in [2.45, 2.75) is 44.8 Å². The van der Waals surface area contributed by atoms with Gasteiger partial charge in [-0.3, -0.25) is 4.79 Å². The number of aliphatic hydroxyl groups is 1. The van der Waals surface area contributed by atoms with Gasteiger partial charge in [0.1, 0.15) is 5.82 Å². The van der Waals surface area contributed by atoms with Crippen LogP contribution in [0.25, 0.3) is 0 Å². The number of nitrogens with one attached hydrogen (secondary N) is 2. The van der Waals surface area contributed by atoms with Crippen molar-refractivity contribution >= 4 is 11.6 Å². The van der Waals surface area contributed by atoms with Crippen molar-refractivity contribution in [3.63, 3.8) is 0 Å². The number of rotatable bonds is 4. The third kappa shape index (κ3) is 3.48. The van der Waals surface area contributed by atoms with E-state index in [2.05, 4.69) is 10.6 Å². The molecule has 0 aromatic heterocycles. The number of hydrogen-bond acceptors (Lipinski definition) is 3. The Morgan fingerprint density at radius 3 is 2.70 bits per heavy atom. The first kappa shape index (κ1) is 14.8. The number of aliphatic hydroxyl groups excluding tert-OH is 1. The SMILES string of the molecule is CCNc1c(F)cccc1C(=O)NC1CCC(O)CC1. The molecule has 110 valence electrons. The van der Waals surface area contributed by atoms with Crippen LogP contribution in [0.1, 0.15) is 43.0 Å². The molecule has 1 aromatic carbocycles. The van der Waals surface area contributed by atoms with Crippen LogP contribution in [0.5, 0.6) is 0 Å². The fraction of sp³-hybridized carbons (Fsp3) is 0.533. The molecule has 1 aliphatic rings. The molecule has 0 radical (unpaired) electrons. The van der Waals surface area contributed by atoms with Gasteiger partial charge in [0.15, 0.2) is 0 Å². The minimum Gasteiger partial charge on any atom is -0.393 e. The number of para-hydroxylation sites is 1. The highest BCUT2D eigenvalue weighted by Crippen LogP contribution is 2.22. The van der Waals surface area contributed by atoms with Gasteiger partial charge < -0.3 is 15.7 Å². The molecular formula is C15H21FN2O2. The number of anilines is 1. The summed E-state index contributed by atoms with van der Waals surface area (Å²) in [4.78, 5) is 12.3. The average Bonchev–Trinajstić information content (AvgIpc) is 2.43. The molecule has 4 nitrogen and oxygen atoms in total. The second-order valence-corrected chi connectivity index (χ2v) is 5.17. The van der Waals surface area contributed by atoms with Crippen molar-refractivity contribution in [2.75, 3.05) is 11.9 Å². The van der Waals surface area contributed by atoms with Crippen LogP contribution in [0.3, 0.4) is 0 Å². The van der Waals surface area contributed by atoms with Crippen LogP contribution in [0.4, 0.5) is 10.1 Å². The van der Waals surface area contributed by atoms with Crippen molar-refractivity contribution < 1.29 is 14.3 Å². The molecule has 0 bridgehead atoms. The monoisotopic (exact) mass is 280 g/mol. The molecule has 0 heterocycles. The van der Waals surface area contributed by atoms with Crippen molar-refractivity contribution in [2.24, 2.45) is 0 Å². The first-order valence-corrected chi connectivity index (χ1v) is 7.13. The fourth-order valence-corrected chi connectivity index (χ4v) is 2.55. The molecule has 3 N–H and O–H groups in total. The standard InChI is InChI=1S/C15H21FN2O2/c1-2-17-14-12(4-3-5-13(14)16)15(20)18-10-6-8-11(19)9-7-10/h3-5,10-11,17,19H,2,6-9H2,1H3,(H,18,20). The third-order valence-electron chi connectivity index (χ3n) is 3.64. The number of hydrogen-bond donors (Lipinski definition) is 3. The van der Waals surface area contributed by atoms with Gasteiger partial charge in [-0.05, 0) is 44.7 Å². The Bertz CT molecular complexity index is 471. The molecule has 5 heteroatoms. The van der Waals surface area contributed by atoms with E-state index in [4.69, 9.17) is 0 Å². The van der Waals surface area contributed by atoms with Gasteiger partial charge in [0.05, 0.1) is 17.4 Å². The Hall–Kier alpha value is -1.62. The van der Waals surface area contributed by atoms with E-state index in [1.807, 2.05) is 6.92 Å². The normalized spacial score (nSPS) is 22.4. The van der Waals surface area contributed by atoms with Crippen LogP contribution in [-0.4, -0.2) is 29.7 Å². The Labute approximate surface area is 118 Å². The Balaban J connectivity index is 2.07. The summed E-state index contributed by atoms with van der Waals surface area (Å²) >= 11 is 0. The third-order valence-corrected chi connectivity index (χ3v) is 3.64. The van der Waals surface area contributed by atoms with Crippen molar-refractivity contribution in [1.82, 2.24) is 5.32 Å². The van der Waals surface area contributed by atoms with E-state index in [9.17, 15) is 14.3 Å². The van der Waals surface area contributed by atoms with E-state index in [-0.39, 0.29) is 23.7 Å². The summed E-state index contributed by atoms with van der Waals surface area (Å²) in [6, 6.07) is 4.55. The number of benzene rings is 1. The molecule has 1 aliphatic carbocycles. The van der Waals surface area contributed by atoms with Gasteiger partial charge in [0.2, 0.25) is 0 Å².